The molecule has 0 heterocycles. The zero-order valence-electron chi connectivity index (χ0n) is 11.6. The maximum Gasteiger partial charge on any atom is 0.307 e. The van der Waals surface area contributed by atoms with E-state index >= 15 is 0 Å². The third-order valence-electron chi connectivity index (χ3n) is 3.71. The van der Waals surface area contributed by atoms with Crippen molar-refractivity contribution in [1.82, 2.24) is 5.32 Å². The lowest BCUT2D eigenvalue weighted by atomic mass is 9.82. The predicted octanol–water partition coefficient (Wildman–Crippen LogP) is 2.15. The summed E-state index contributed by atoms with van der Waals surface area (Å²) in [7, 11) is 0. The summed E-state index contributed by atoms with van der Waals surface area (Å²) in [6.07, 6.45) is 5.10. The summed E-state index contributed by atoms with van der Waals surface area (Å²) >= 11 is 0. The summed E-state index contributed by atoms with van der Waals surface area (Å²) in [6.45, 7) is 0.414. The number of hydrogen-bond donors (Lipinski definition) is 2. The molecule has 4 nitrogen and oxygen atoms in total. The van der Waals surface area contributed by atoms with Gasteiger partial charge >= 0.3 is 5.97 Å². The summed E-state index contributed by atoms with van der Waals surface area (Å²) in [5, 5.41) is 11.9. The third-order valence-corrected chi connectivity index (χ3v) is 3.71. The van der Waals surface area contributed by atoms with Gasteiger partial charge in [-0.05, 0) is 37.0 Å². The molecule has 5 heteroatoms. The summed E-state index contributed by atoms with van der Waals surface area (Å²) in [6, 6.07) is 6.10. The average Bonchev–Trinajstić information content (AvgIpc) is 2.49. The molecule has 1 aromatic carbocycles. The first-order chi connectivity index (χ1) is 10.1. The van der Waals surface area contributed by atoms with Crippen LogP contribution in [0.2, 0.25) is 0 Å². The topological polar surface area (TPSA) is 66.4 Å². The minimum Gasteiger partial charge on any atom is -0.481 e. The van der Waals surface area contributed by atoms with Crippen molar-refractivity contribution in [3.63, 3.8) is 0 Å². The van der Waals surface area contributed by atoms with Crippen molar-refractivity contribution >= 4 is 11.9 Å². The Kier molecular flexibility index (Phi) is 5.09. The number of carboxylic acid groups (broad SMARTS) is 1. The number of nitrogens with one attached hydrogen (secondary N) is 1. The van der Waals surface area contributed by atoms with Crippen molar-refractivity contribution in [2.75, 3.05) is 6.54 Å². The molecule has 1 aliphatic carbocycles. The number of benzene rings is 1. The van der Waals surface area contributed by atoms with Gasteiger partial charge in [-0.1, -0.05) is 24.3 Å². The molecule has 0 aromatic heterocycles. The Hall–Kier alpha value is -2.17. The van der Waals surface area contributed by atoms with E-state index in [9.17, 15) is 14.0 Å². The van der Waals surface area contributed by atoms with Crippen molar-refractivity contribution in [2.45, 2.75) is 19.3 Å². The summed E-state index contributed by atoms with van der Waals surface area (Å²) < 4.78 is 12.8. The smallest absolute Gasteiger partial charge is 0.307 e. The summed E-state index contributed by atoms with van der Waals surface area (Å²) in [5.41, 5.74) is 0.926. The normalized spacial score (nSPS) is 21.0. The van der Waals surface area contributed by atoms with E-state index in [0.717, 1.165) is 5.56 Å². The van der Waals surface area contributed by atoms with Crippen LogP contribution in [0.1, 0.15) is 18.4 Å². The van der Waals surface area contributed by atoms with Crippen molar-refractivity contribution in [2.24, 2.45) is 11.8 Å². The molecular formula is C16H18FNO3. The fourth-order valence-electron chi connectivity index (χ4n) is 2.49. The fraction of sp³-hybridized carbons (Fsp3) is 0.375. The van der Waals surface area contributed by atoms with Gasteiger partial charge < -0.3 is 10.4 Å². The number of amides is 1. The number of rotatable bonds is 5. The maximum atomic E-state index is 12.8. The van der Waals surface area contributed by atoms with Gasteiger partial charge in [-0.15, -0.1) is 0 Å². The number of halogens is 1. The molecule has 0 saturated carbocycles. The fourth-order valence-corrected chi connectivity index (χ4v) is 2.49. The molecule has 2 N–H and O–H groups in total. The number of hydrogen-bond acceptors (Lipinski definition) is 2. The van der Waals surface area contributed by atoms with E-state index in [4.69, 9.17) is 5.11 Å². The van der Waals surface area contributed by atoms with E-state index in [1.54, 1.807) is 18.2 Å². The molecule has 0 fully saturated rings. The van der Waals surface area contributed by atoms with Crippen LogP contribution in [-0.4, -0.2) is 23.5 Å². The van der Waals surface area contributed by atoms with Crippen LogP contribution in [0.25, 0.3) is 0 Å². The number of carboxylic acids is 1. The summed E-state index contributed by atoms with van der Waals surface area (Å²) in [5.74, 6) is -2.62. The Labute approximate surface area is 122 Å². The molecule has 1 aliphatic rings. The van der Waals surface area contributed by atoms with Crippen LogP contribution >= 0.6 is 0 Å². The SMILES string of the molecule is O=C(O)[C@H]1CC=CC[C@@H]1C(=O)NCCc1ccc(F)cc1. The number of carbonyl (C=O) groups is 2. The first-order valence-corrected chi connectivity index (χ1v) is 6.98. The first kappa shape index (κ1) is 15.2. The van der Waals surface area contributed by atoms with Gasteiger partial charge in [-0.25, -0.2) is 4.39 Å². The van der Waals surface area contributed by atoms with Gasteiger partial charge in [0, 0.05) is 6.54 Å². The number of allylic oxidation sites excluding steroid dienone is 2. The van der Waals surface area contributed by atoms with E-state index in [-0.39, 0.29) is 11.7 Å². The van der Waals surface area contributed by atoms with Gasteiger partial charge in [0.2, 0.25) is 5.91 Å². The Bertz CT molecular complexity index is 539. The molecule has 1 amide bonds. The minimum absolute atomic E-state index is 0.228. The number of carbonyl (C=O) groups excluding carboxylic acids is 1. The maximum absolute atomic E-state index is 12.8. The first-order valence-electron chi connectivity index (χ1n) is 6.98. The zero-order valence-corrected chi connectivity index (χ0v) is 11.6. The Morgan fingerprint density at radius 3 is 2.38 bits per heavy atom. The molecule has 0 saturated heterocycles. The van der Waals surface area contributed by atoms with Crippen LogP contribution in [0.3, 0.4) is 0 Å². The van der Waals surface area contributed by atoms with Gasteiger partial charge in [-0.3, -0.25) is 9.59 Å². The van der Waals surface area contributed by atoms with Gasteiger partial charge in [0.1, 0.15) is 5.82 Å². The van der Waals surface area contributed by atoms with E-state index in [1.165, 1.54) is 12.1 Å². The Morgan fingerprint density at radius 1 is 1.14 bits per heavy atom. The second-order valence-corrected chi connectivity index (χ2v) is 5.16. The second-order valence-electron chi connectivity index (χ2n) is 5.16. The van der Waals surface area contributed by atoms with Crippen LogP contribution in [-0.2, 0) is 16.0 Å². The standard InChI is InChI=1S/C16H18FNO3/c17-12-7-5-11(6-8-12)9-10-18-15(19)13-3-1-2-4-14(13)16(20)21/h1-2,5-8,13-14H,3-4,9-10H2,(H,18,19)(H,20,21)/t13-,14-/m0/s1. The third kappa shape index (κ3) is 4.15. The van der Waals surface area contributed by atoms with Crippen molar-refractivity contribution in [3.05, 3.63) is 47.8 Å². The molecule has 0 radical (unpaired) electrons. The molecule has 112 valence electrons. The van der Waals surface area contributed by atoms with Crippen LogP contribution < -0.4 is 5.32 Å². The molecule has 2 rings (SSSR count). The second kappa shape index (κ2) is 7.02. The molecule has 1 aromatic rings. The number of aliphatic carboxylic acids is 1. The lowest BCUT2D eigenvalue weighted by Gasteiger charge is -2.24. The molecule has 0 bridgehead atoms. The quantitative estimate of drug-likeness (QED) is 0.817. The highest BCUT2D eigenvalue weighted by atomic mass is 19.1. The van der Waals surface area contributed by atoms with Crippen molar-refractivity contribution in [3.8, 4) is 0 Å². The highest BCUT2D eigenvalue weighted by Gasteiger charge is 2.33. The largest absolute Gasteiger partial charge is 0.481 e. The molecule has 0 unspecified atom stereocenters. The van der Waals surface area contributed by atoms with E-state index in [1.807, 2.05) is 6.08 Å². The average molecular weight is 291 g/mol. The lowest BCUT2D eigenvalue weighted by molar-refractivity contribution is -0.147. The minimum atomic E-state index is -0.932. The van der Waals surface area contributed by atoms with E-state index < -0.39 is 17.8 Å². The van der Waals surface area contributed by atoms with Gasteiger partial charge in [-0.2, -0.15) is 0 Å². The van der Waals surface area contributed by atoms with E-state index in [0.29, 0.717) is 25.8 Å². The highest BCUT2D eigenvalue weighted by Crippen LogP contribution is 2.25. The van der Waals surface area contributed by atoms with Crippen molar-refractivity contribution < 1.29 is 19.1 Å². The molecule has 0 spiro atoms. The van der Waals surface area contributed by atoms with Gasteiger partial charge in [0.05, 0.1) is 11.8 Å². The predicted molar refractivity (Wildman–Crippen MR) is 76.1 cm³/mol. The molecule has 0 aliphatic heterocycles. The van der Waals surface area contributed by atoms with Gasteiger partial charge in [0.25, 0.3) is 0 Å². The van der Waals surface area contributed by atoms with E-state index in [2.05, 4.69) is 5.32 Å². The Balaban J connectivity index is 1.85. The lowest BCUT2D eigenvalue weighted by Crippen LogP contribution is -2.39. The van der Waals surface area contributed by atoms with Gasteiger partial charge in [0.15, 0.2) is 0 Å². The van der Waals surface area contributed by atoms with Crippen molar-refractivity contribution in [1.29, 1.82) is 0 Å². The highest BCUT2D eigenvalue weighted by molar-refractivity contribution is 5.85. The molecule has 2 atom stereocenters. The van der Waals surface area contributed by atoms with Crippen LogP contribution in [0.4, 0.5) is 4.39 Å². The van der Waals surface area contributed by atoms with Crippen LogP contribution in [0, 0.1) is 17.7 Å². The van der Waals surface area contributed by atoms with Crippen LogP contribution in [0.15, 0.2) is 36.4 Å². The molecular weight excluding hydrogens is 273 g/mol. The van der Waals surface area contributed by atoms with Crippen LogP contribution in [0.5, 0.6) is 0 Å². The zero-order chi connectivity index (χ0) is 15.2. The summed E-state index contributed by atoms with van der Waals surface area (Å²) in [4.78, 5) is 23.2. The monoisotopic (exact) mass is 291 g/mol. The Morgan fingerprint density at radius 2 is 1.76 bits per heavy atom. The molecule has 21 heavy (non-hydrogen) atoms.